The molecular weight excluding hydrogens is 292 g/mol. The summed E-state index contributed by atoms with van der Waals surface area (Å²) in [4.78, 5) is 10.3. The highest BCUT2D eigenvalue weighted by atomic mass is 32.2. The molecule has 2 rings (SSSR count). The van der Waals surface area contributed by atoms with E-state index in [4.69, 9.17) is 5.11 Å². The Hall–Kier alpha value is -1.54. The first kappa shape index (κ1) is 14.9. The molecule has 0 aromatic heterocycles. The summed E-state index contributed by atoms with van der Waals surface area (Å²) in [7, 11) is -4.16. The molecule has 0 radical (unpaired) electrons. The van der Waals surface area contributed by atoms with Crippen LogP contribution in [-0.2, 0) is 14.8 Å². The van der Waals surface area contributed by atoms with Gasteiger partial charge in [0.15, 0.2) is 0 Å². The second-order valence-corrected chi connectivity index (χ2v) is 6.73. The third kappa shape index (κ3) is 2.53. The molecule has 1 aromatic rings. The second-order valence-electron chi connectivity index (χ2n) is 4.82. The van der Waals surface area contributed by atoms with Gasteiger partial charge in [-0.1, -0.05) is 6.92 Å². The normalized spacial score (nSPS) is 23.9. The Morgan fingerprint density at radius 1 is 1.35 bits per heavy atom. The average Bonchev–Trinajstić information content (AvgIpc) is 2.71. The van der Waals surface area contributed by atoms with Crippen LogP contribution in [0.25, 0.3) is 0 Å². The van der Waals surface area contributed by atoms with E-state index >= 15 is 0 Å². The van der Waals surface area contributed by atoms with Crippen molar-refractivity contribution >= 4 is 16.0 Å². The summed E-state index contributed by atoms with van der Waals surface area (Å²) in [5.41, 5.74) is 0. The Kier molecular flexibility index (Phi) is 3.79. The Labute approximate surface area is 114 Å². The monoisotopic (exact) mass is 305 g/mol. The largest absolute Gasteiger partial charge is 0.481 e. The molecule has 1 aromatic carbocycles. The molecule has 0 bridgehead atoms. The molecule has 0 amide bonds. The fourth-order valence-electron chi connectivity index (χ4n) is 2.26. The summed E-state index contributed by atoms with van der Waals surface area (Å²) in [6.07, 6.45) is 0. The standard InChI is InChI=1S/C12H13F2NO4S/c1-7-5-15(6-9(7)12(16)17)20(18,19)11-3-2-8(13)4-10(11)14/h2-4,7,9H,5-6H2,1H3,(H,16,17)/t7-,9-/m1/s1. The lowest BCUT2D eigenvalue weighted by Crippen LogP contribution is -2.30. The van der Waals surface area contributed by atoms with Gasteiger partial charge in [0.1, 0.15) is 16.5 Å². The van der Waals surface area contributed by atoms with Crippen LogP contribution >= 0.6 is 0 Å². The summed E-state index contributed by atoms with van der Waals surface area (Å²) >= 11 is 0. The van der Waals surface area contributed by atoms with Crippen LogP contribution in [0.4, 0.5) is 8.78 Å². The summed E-state index contributed by atoms with van der Waals surface area (Å²) in [6, 6.07) is 2.18. The number of carboxylic acids is 1. The van der Waals surface area contributed by atoms with Crippen LogP contribution in [-0.4, -0.2) is 36.9 Å². The summed E-state index contributed by atoms with van der Waals surface area (Å²) in [5.74, 6) is -4.34. The molecule has 1 fully saturated rings. The predicted octanol–water partition coefficient (Wildman–Crippen LogP) is 1.31. The SMILES string of the molecule is C[C@@H]1CN(S(=O)(=O)c2ccc(F)cc2F)C[C@H]1C(=O)O. The van der Waals surface area contributed by atoms with E-state index in [0.29, 0.717) is 6.07 Å². The molecule has 8 heteroatoms. The lowest BCUT2D eigenvalue weighted by molar-refractivity contribution is -0.142. The van der Waals surface area contributed by atoms with Crippen LogP contribution in [0.5, 0.6) is 0 Å². The van der Waals surface area contributed by atoms with Crippen molar-refractivity contribution in [1.82, 2.24) is 4.31 Å². The van der Waals surface area contributed by atoms with Gasteiger partial charge in [-0.3, -0.25) is 4.79 Å². The maximum atomic E-state index is 13.6. The van der Waals surface area contributed by atoms with E-state index in [1.807, 2.05) is 0 Å². The van der Waals surface area contributed by atoms with Crippen molar-refractivity contribution in [2.45, 2.75) is 11.8 Å². The molecule has 0 unspecified atom stereocenters. The Balaban J connectivity index is 2.35. The molecule has 1 aliphatic rings. The molecule has 0 saturated carbocycles. The van der Waals surface area contributed by atoms with Gasteiger partial charge in [-0.05, 0) is 18.1 Å². The zero-order valence-corrected chi connectivity index (χ0v) is 11.4. The van der Waals surface area contributed by atoms with Crippen molar-refractivity contribution in [3.8, 4) is 0 Å². The number of aliphatic carboxylic acids is 1. The number of rotatable bonds is 3. The zero-order chi connectivity index (χ0) is 15.1. The molecule has 5 nitrogen and oxygen atoms in total. The zero-order valence-electron chi connectivity index (χ0n) is 10.6. The lowest BCUT2D eigenvalue weighted by atomic mass is 9.99. The molecule has 1 saturated heterocycles. The number of sulfonamides is 1. The quantitative estimate of drug-likeness (QED) is 0.913. The highest BCUT2D eigenvalue weighted by Crippen LogP contribution is 2.29. The molecule has 1 heterocycles. The van der Waals surface area contributed by atoms with Gasteiger partial charge in [0.05, 0.1) is 5.92 Å². The van der Waals surface area contributed by atoms with Crippen LogP contribution in [0, 0.1) is 23.5 Å². The first-order valence-electron chi connectivity index (χ1n) is 5.91. The second kappa shape index (κ2) is 5.10. The summed E-state index contributed by atoms with van der Waals surface area (Å²) in [6.45, 7) is 1.40. The van der Waals surface area contributed by atoms with Gasteiger partial charge in [-0.2, -0.15) is 4.31 Å². The Morgan fingerprint density at radius 3 is 2.50 bits per heavy atom. The van der Waals surface area contributed by atoms with Gasteiger partial charge in [0, 0.05) is 19.2 Å². The number of carbonyl (C=O) groups is 1. The van der Waals surface area contributed by atoms with Gasteiger partial charge >= 0.3 is 5.97 Å². The van der Waals surface area contributed by atoms with E-state index in [0.717, 1.165) is 16.4 Å². The molecule has 1 N–H and O–H groups in total. The number of benzene rings is 1. The minimum absolute atomic E-state index is 0.00385. The van der Waals surface area contributed by atoms with E-state index < -0.39 is 38.4 Å². The number of carboxylic acid groups (broad SMARTS) is 1. The minimum atomic E-state index is -4.16. The molecule has 110 valence electrons. The lowest BCUT2D eigenvalue weighted by Gasteiger charge is -2.16. The first-order chi connectivity index (χ1) is 9.23. The van der Waals surface area contributed by atoms with Crippen molar-refractivity contribution in [2.75, 3.05) is 13.1 Å². The van der Waals surface area contributed by atoms with Crippen molar-refractivity contribution in [3.05, 3.63) is 29.8 Å². The third-order valence-electron chi connectivity index (χ3n) is 3.41. The number of hydrogen-bond acceptors (Lipinski definition) is 3. The van der Waals surface area contributed by atoms with E-state index in [1.165, 1.54) is 0 Å². The van der Waals surface area contributed by atoms with Crippen LogP contribution in [0.15, 0.2) is 23.1 Å². The molecule has 20 heavy (non-hydrogen) atoms. The fraction of sp³-hybridized carbons (Fsp3) is 0.417. The Bertz CT molecular complexity index is 647. The third-order valence-corrected chi connectivity index (χ3v) is 5.27. The maximum absolute atomic E-state index is 13.6. The minimum Gasteiger partial charge on any atom is -0.481 e. The molecular formula is C12H13F2NO4S. The van der Waals surface area contributed by atoms with Crippen molar-refractivity contribution in [2.24, 2.45) is 11.8 Å². The highest BCUT2D eigenvalue weighted by Gasteiger charge is 2.41. The van der Waals surface area contributed by atoms with Gasteiger partial charge in [-0.25, -0.2) is 17.2 Å². The van der Waals surface area contributed by atoms with Crippen LogP contribution in [0.3, 0.4) is 0 Å². The van der Waals surface area contributed by atoms with Gasteiger partial charge in [-0.15, -0.1) is 0 Å². The van der Waals surface area contributed by atoms with Crippen molar-refractivity contribution in [1.29, 1.82) is 0 Å². The highest BCUT2D eigenvalue weighted by molar-refractivity contribution is 7.89. The van der Waals surface area contributed by atoms with Crippen LogP contribution < -0.4 is 0 Å². The predicted molar refractivity (Wildman–Crippen MR) is 65.4 cm³/mol. The summed E-state index contributed by atoms with van der Waals surface area (Å²) < 4.78 is 51.8. The van der Waals surface area contributed by atoms with E-state index in [1.54, 1.807) is 6.92 Å². The van der Waals surface area contributed by atoms with Crippen molar-refractivity contribution in [3.63, 3.8) is 0 Å². The van der Waals surface area contributed by atoms with Crippen LogP contribution in [0.1, 0.15) is 6.92 Å². The molecule has 1 aliphatic heterocycles. The van der Waals surface area contributed by atoms with Crippen molar-refractivity contribution < 1.29 is 27.1 Å². The van der Waals surface area contributed by atoms with E-state index in [9.17, 15) is 22.0 Å². The van der Waals surface area contributed by atoms with Gasteiger partial charge in [0.2, 0.25) is 10.0 Å². The average molecular weight is 305 g/mol. The number of halogens is 2. The maximum Gasteiger partial charge on any atom is 0.308 e. The number of nitrogens with zero attached hydrogens (tertiary/aromatic N) is 1. The Morgan fingerprint density at radius 2 is 2.00 bits per heavy atom. The first-order valence-corrected chi connectivity index (χ1v) is 7.35. The summed E-state index contributed by atoms with van der Waals surface area (Å²) in [5, 5.41) is 8.98. The van der Waals surface area contributed by atoms with Gasteiger partial charge in [0.25, 0.3) is 0 Å². The molecule has 2 atom stereocenters. The number of hydrogen-bond donors (Lipinski definition) is 1. The fourth-order valence-corrected chi connectivity index (χ4v) is 3.88. The van der Waals surface area contributed by atoms with E-state index in [2.05, 4.69) is 0 Å². The smallest absolute Gasteiger partial charge is 0.308 e. The molecule has 0 spiro atoms. The van der Waals surface area contributed by atoms with Gasteiger partial charge < -0.3 is 5.11 Å². The molecule has 0 aliphatic carbocycles. The van der Waals surface area contributed by atoms with E-state index in [-0.39, 0.29) is 19.0 Å². The topological polar surface area (TPSA) is 74.7 Å². The van der Waals surface area contributed by atoms with Crippen LogP contribution in [0.2, 0.25) is 0 Å².